The van der Waals surface area contributed by atoms with E-state index in [1.54, 1.807) is 0 Å². The van der Waals surface area contributed by atoms with Crippen molar-refractivity contribution in [2.45, 2.75) is 51.4 Å². The fourth-order valence-electron chi connectivity index (χ4n) is 1.88. The first-order valence-electron chi connectivity index (χ1n) is 5.03. The maximum absolute atomic E-state index is 10.7. The fourth-order valence-corrected chi connectivity index (χ4v) is 1.88. The molecule has 1 aliphatic carbocycles. The van der Waals surface area contributed by atoms with E-state index in [0.29, 0.717) is 0 Å². The maximum atomic E-state index is 10.7. The standard InChI is InChI=1S/C10H18O2/c11-10(12)9-7-5-3-1-2-4-6-8-9/h9H,1-8H2,(H,11,12). The van der Waals surface area contributed by atoms with Gasteiger partial charge in [0.25, 0.3) is 0 Å². The Hall–Kier alpha value is -0.530. The summed E-state index contributed by atoms with van der Waals surface area (Å²) < 4.78 is 0. The lowest BCUT2D eigenvalue weighted by molar-refractivity contribution is -0.142. The predicted octanol–water partition coefficient (Wildman–Crippen LogP) is 2.82. The summed E-state index contributed by atoms with van der Waals surface area (Å²) in [4.78, 5) is 10.7. The lowest BCUT2D eigenvalue weighted by Gasteiger charge is -2.09. The van der Waals surface area contributed by atoms with Crippen molar-refractivity contribution in [2.24, 2.45) is 5.92 Å². The Morgan fingerprint density at radius 2 is 1.33 bits per heavy atom. The lowest BCUT2D eigenvalue weighted by Crippen LogP contribution is -2.13. The summed E-state index contributed by atoms with van der Waals surface area (Å²) in [7, 11) is 0. The molecule has 2 heteroatoms. The summed E-state index contributed by atoms with van der Waals surface area (Å²) in [5.74, 6) is -0.639. The van der Waals surface area contributed by atoms with E-state index in [2.05, 4.69) is 0 Å². The highest BCUT2D eigenvalue weighted by Crippen LogP contribution is 2.21. The largest absolute Gasteiger partial charge is 0.481 e. The first-order valence-corrected chi connectivity index (χ1v) is 5.03. The van der Waals surface area contributed by atoms with Crippen molar-refractivity contribution in [1.82, 2.24) is 0 Å². The third-order valence-corrected chi connectivity index (χ3v) is 2.70. The van der Waals surface area contributed by atoms with Gasteiger partial charge in [-0.3, -0.25) is 4.79 Å². The molecule has 70 valence electrons. The molecule has 1 saturated carbocycles. The van der Waals surface area contributed by atoms with Crippen LogP contribution >= 0.6 is 0 Å². The van der Waals surface area contributed by atoms with E-state index in [0.717, 1.165) is 25.7 Å². The number of carboxylic acid groups (broad SMARTS) is 1. The molecular formula is C10H18O2. The van der Waals surface area contributed by atoms with Crippen LogP contribution in [0, 0.1) is 5.92 Å². The highest BCUT2D eigenvalue weighted by molar-refractivity contribution is 5.69. The molecule has 1 N–H and O–H groups in total. The van der Waals surface area contributed by atoms with Crippen molar-refractivity contribution in [3.8, 4) is 0 Å². The van der Waals surface area contributed by atoms with Crippen molar-refractivity contribution in [2.75, 3.05) is 0 Å². The molecule has 0 bridgehead atoms. The molecule has 12 heavy (non-hydrogen) atoms. The average Bonchev–Trinajstić information content (AvgIpc) is 2.15. The van der Waals surface area contributed by atoms with E-state index in [4.69, 9.17) is 5.11 Å². The van der Waals surface area contributed by atoms with Crippen LogP contribution in [-0.4, -0.2) is 11.1 Å². The molecule has 0 spiro atoms. The second kappa shape index (κ2) is 5.18. The number of aliphatic carboxylic acids is 1. The van der Waals surface area contributed by atoms with Crippen LogP contribution in [0.25, 0.3) is 0 Å². The maximum Gasteiger partial charge on any atom is 0.306 e. The molecule has 1 fully saturated rings. The SMILES string of the molecule is O=C(O)C1CCCCCCCC1. The van der Waals surface area contributed by atoms with E-state index in [9.17, 15) is 4.79 Å². The Balaban J connectivity index is 2.33. The van der Waals surface area contributed by atoms with Crippen LogP contribution in [0.5, 0.6) is 0 Å². The number of hydrogen-bond donors (Lipinski definition) is 1. The van der Waals surface area contributed by atoms with Gasteiger partial charge in [0.15, 0.2) is 0 Å². The molecule has 1 rings (SSSR count). The van der Waals surface area contributed by atoms with Crippen LogP contribution in [0.15, 0.2) is 0 Å². The second-order valence-electron chi connectivity index (χ2n) is 3.73. The summed E-state index contributed by atoms with van der Waals surface area (Å²) in [5, 5.41) is 8.85. The molecule has 0 aromatic carbocycles. The summed E-state index contributed by atoms with van der Waals surface area (Å²) in [6.45, 7) is 0. The van der Waals surface area contributed by atoms with E-state index in [1.165, 1.54) is 25.7 Å². The van der Waals surface area contributed by atoms with Gasteiger partial charge in [0.2, 0.25) is 0 Å². The number of carboxylic acids is 1. The van der Waals surface area contributed by atoms with Crippen molar-refractivity contribution in [3.63, 3.8) is 0 Å². The lowest BCUT2D eigenvalue weighted by atomic mass is 9.97. The van der Waals surface area contributed by atoms with Crippen LogP contribution in [0.1, 0.15) is 51.4 Å². The van der Waals surface area contributed by atoms with Gasteiger partial charge in [0, 0.05) is 0 Å². The van der Waals surface area contributed by atoms with Gasteiger partial charge in [-0.15, -0.1) is 0 Å². The van der Waals surface area contributed by atoms with Gasteiger partial charge in [0.1, 0.15) is 0 Å². The third kappa shape index (κ3) is 3.24. The minimum Gasteiger partial charge on any atom is -0.481 e. The molecule has 1 aliphatic rings. The number of rotatable bonds is 1. The Labute approximate surface area is 74.0 Å². The first kappa shape index (κ1) is 9.56. The topological polar surface area (TPSA) is 37.3 Å². The van der Waals surface area contributed by atoms with Crippen molar-refractivity contribution in [3.05, 3.63) is 0 Å². The molecule has 0 saturated heterocycles. The Bertz CT molecular complexity index is 133. The molecule has 0 radical (unpaired) electrons. The molecule has 0 aliphatic heterocycles. The van der Waals surface area contributed by atoms with Gasteiger partial charge in [-0.1, -0.05) is 38.5 Å². The first-order chi connectivity index (χ1) is 5.80. The molecule has 0 aromatic heterocycles. The van der Waals surface area contributed by atoms with E-state index in [1.807, 2.05) is 0 Å². The van der Waals surface area contributed by atoms with Gasteiger partial charge in [-0.05, 0) is 12.8 Å². The number of hydrogen-bond acceptors (Lipinski definition) is 1. The zero-order valence-electron chi connectivity index (χ0n) is 7.59. The summed E-state index contributed by atoms with van der Waals surface area (Å²) in [6.07, 6.45) is 9.06. The highest BCUT2D eigenvalue weighted by atomic mass is 16.4. The predicted molar refractivity (Wildman–Crippen MR) is 48.1 cm³/mol. The van der Waals surface area contributed by atoms with E-state index < -0.39 is 5.97 Å². The van der Waals surface area contributed by atoms with Gasteiger partial charge in [-0.2, -0.15) is 0 Å². The van der Waals surface area contributed by atoms with Crippen LogP contribution < -0.4 is 0 Å². The van der Waals surface area contributed by atoms with E-state index >= 15 is 0 Å². The van der Waals surface area contributed by atoms with Gasteiger partial charge >= 0.3 is 5.97 Å². The summed E-state index contributed by atoms with van der Waals surface area (Å²) in [6, 6.07) is 0. The van der Waals surface area contributed by atoms with Crippen LogP contribution in [0.3, 0.4) is 0 Å². The summed E-state index contributed by atoms with van der Waals surface area (Å²) in [5.41, 5.74) is 0. The minimum atomic E-state index is -0.586. The molecular weight excluding hydrogens is 152 g/mol. The number of carbonyl (C=O) groups is 1. The monoisotopic (exact) mass is 170 g/mol. The summed E-state index contributed by atoms with van der Waals surface area (Å²) >= 11 is 0. The molecule has 0 unspecified atom stereocenters. The molecule has 0 aromatic rings. The molecule has 0 atom stereocenters. The zero-order valence-corrected chi connectivity index (χ0v) is 7.59. The Kier molecular flexibility index (Phi) is 4.12. The van der Waals surface area contributed by atoms with Crippen LogP contribution in [-0.2, 0) is 4.79 Å². The Morgan fingerprint density at radius 1 is 0.917 bits per heavy atom. The fraction of sp³-hybridized carbons (Fsp3) is 0.900. The van der Waals surface area contributed by atoms with E-state index in [-0.39, 0.29) is 5.92 Å². The van der Waals surface area contributed by atoms with Crippen molar-refractivity contribution in [1.29, 1.82) is 0 Å². The Morgan fingerprint density at radius 3 is 1.75 bits per heavy atom. The zero-order chi connectivity index (χ0) is 8.81. The smallest absolute Gasteiger partial charge is 0.306 e. The van der Waals surface area contributed by atoms with Crippen LogP contribution in [0.4, 0.5) is 0 Å². The molecule has 2 nitrogen and oxygen atoms in total. The van der Waals surface area contributed by atoms with Gasteiger partial charge in [0.05, 0.1) is 5.92 Å². The average molecular weight is 170 g/mol. The third-order valence-electron chi connectivity index (χ3n) is 2.70. The molecule has 0 amide bonds. The highest BCUT2D eigenvalue weighted by Gasteiger charge is 2.16. The van der Waals surface area contributed by atoms with Gasteiger partial charge < -0.3 is 5.11 Å². The minimum absolute atomic E-state index is 0.0527. The molecule has 0 heterocycles. The normalized spacial score (nSPS) is 22.3. The quantitative estimate of drug-likeness (QED) is 0.657. The second-order valence-corrected chi connectivity index (χ2v) is 3.73. The van der Waals surface area contributed by atoms with Crippen LogP contribution in [0.2, 0.25) is 0 Å². The van der Waals surface area contributed by atoms with Gasteiger partial charge in [-0.25, -0.2) is 0 Å². The van der Waals surface area contributed by atoms with Crippen molar-refractivity contribution >= 4 is 5.97 Å². The van der Waals surface area contributed by atoms with Crippen molar-refractivity contribution < 1.29 is 9.90 Å².